The first-order valence-corrected chi connectivity index (χ1v) is 46.8. The van der Waals surface area contributed by atoms with Crippen molar-refractivity contribution in [1.82, 2.24) is 81.7 Å². The largest absolute Gasteiger partial charge is 0.467 e. The predicted octanol–water partition coefficient (Wildman–Crippen LogP) is 7.70. The number of esters is 2. The Kier molecular flexibility index (Phi) is 39.1. The van der Waals surface area contributed by atoms with Gasteiger partial charge in [-0.25, -0.2) is 28.8 Å². The Hall–Kier alpha value is -11.9. The molecule has 40 heteroatoms. The van der Waals surface area contributed by atoms with Gasteiger partial charge in [-0.2, -0.15) is 0 Å². The lowest BCUT2D eigenvalue weighted by molar-refractivity contribution is -0.153. The summed E-state index contributed by atoms with van der Waals surface area (Å²) in [4.78, 5) is 252. The van der Waals surface area contributed by atoms with Crippen molar-refractivity contribution < 1.29 is 115 Å². The summed E-state index contributed by atoms with van der Waals surface area (Å²) in [5.74, 6) is -7.44. The number of likely N-dealkylation sites (N-methyl/N-ethyl adjacent to an activating group) is 4. The number of methoxy groups -OCH3 is 2. The van der Waals surface area contributed by atoms with Crippen LogP contribution < -0.4 is 42.5 Å². The molecule has 40 nitrogen and oxygen atoms in total. The molecule has 4 heterocycles. The van der Waals surface area contributed by atoms with Gasteiger partial charge >= 0.3 is 36.3 Å². The number of likely N-dealkylation sites (tertiary alicyclic amines) is 4. The van der Waals surface area contributed by atoms with Crippen LogP contribution in [0, 0.1) is 21.7 Å². The Balaban J connectivity index is 0.000000489. The molecule has 4 aliphatic rings. The molecule has 2 aromatic rings. The Morgan fingerprint density at radius 2 is 0.471 bits per heavy atom. The molecule has 0 bridgehead atoms. The summed E-state index contributed by atoms with van der Waals surface area (Å²) in [6.07, 6.45) is -1.85. The van der Waals surface area contributed by atoms with E-state index in [1.807, 2.05) is 55.4 Å². The fourth-order valence-corrected chi connectivity index (χ4v) is 15.6. The quantitative estimate of drug-likeness (QED) is 0.0330. The molecule has 0 spiro atoms. The number of rotatable bonds is 26. The maximum Gasteiger partial charge on any atom is 0.410 e. The van der Waals surface area contributed by atoms with Crippen molar-refractivity contribution >= 4 is 107 Å². The van der Waals surface area contributed by atoms with Crippen LogP contribution in [-0.2, 0) is 76.4 Å². The van der Waals surface area contributed by atoms with Crippen LogP contribution in [0.5, 0.6) is 0 Å². The van der Waals surface area contributed by atoms with Gasteiger partial charge in [0.25, 0.3) is 23.6 Å². The normalized spacial score (nSPS) is 20.3. The van der Waals surface area contributed by atoms with E-state index >= 15 is 0 Å². The van der Waals surface area contributed by atoms with Gasteiger partial charge in [-0.1, -0.05) is 83.1 Å². The predicted molar refractivity (Wildman–Crippen MR) is 513 cm³/mol. The van der Waals surface area contributed by atoms with Crippen LogP contribution in [0.3, 0.4) is 0 Å². The zero-order chi connectivity index (χ0) is 106. The average molecular weight is 1940 g/mol. The highest BCUT2D eigenvalue weighted by Gasteiger charge is 2.51. The lowest BCUT2D eigenvalue weighted by atomic mass is 9.85. The number of nitrogens with zero attached hydrogens (tertiary/aromatic N) is 8. The molecule has 8 N–H and O–H groups in total. The van der Waals surface area contributed by atoms with E-state index < -0.39 is 200 Å². The van der Waals surface area contributed by atoms with Gasteiger partial charge in [0.15, 0.2) is 0 Å². The van der Waals surface area contributed by atoms with Crippen molar-refractivity contribution in [1.29, 1.82) is 0 Å². The van der Waals surface area contributed by atoms with E-state index in [-0.39, 0.29) is 97.9 Å². The van der Waals surface area contributed by atoms with E-state index in [1.165, 1.54) is 100 Å². The highest BCUT2D eigenvalue weighted by molar-refractivity contribution is 6.01. The van der Waals surface area contributed by atoms with Gasteiger partial charge in [0, 0.05) is 126 Å². The van der Waals surface area contributed by atoms with Gasteiger partial charge in [0.1, 0.15) is 82.8 Å². The van der Waals surface area contributed by atoms with Crippen LogP contribution in [0.25, 0.3) is 0 Å². The van der Waals surface area contributed by atoms with Crippen LogP contribution >= 0.6 is 0 Å². The molecule has 4 fully saturated rings. The van der Waals surface area contributed by atoms with Crippen LogP contribution in [0.2, 0.25) is 0 Å². The lowest BCUT2D eigenvalue weighted by Crippen LogP contribution is -2.59. The van der Waals surface area contributed by atoms with E-state index in [1.54, 1.807) is 173 Å². The van der Waals surface area contributed by atoms with Crippen molar-refractivity contribution in [3.8, 4) is 0 Å². The number of hydrogen-bond donors (Lipinski definition) is 8. The third-order valence-electron chi connectivity index (χ3n) is 24.2. The standard InChI is InChI=1S/C50H78N8O14.C48H78N8O10/c1-27(55(15)45(67)71-49(9,10)11)37(59)53-35(47(3,4)5)41(63)57-25-31(23-33(57)43(65)69-17)51-39(61)29-19-21-30(22-20-29)40(62)52-32-24-34(44(66)70-18)58(26-32)42(64)36(48(6,7)8)54-38(60)28(2)56(16)46(68)72-50(12,13)14;1-27-23-33(25-55(27)41(61)35(45(5,6)7)51-37(57)29(3)53(17)43(63)65-47(11,12)13)49-39(59)31-19-21-32(22-20-31)40(60)50-34-24-28(2)56(26-34)42(62)36(46(8,9)10)52-38(58)30(4)54(18)44(64)66-48(14,15)16/h19-22,27-28,31-36H,23-26H2,1-18H3,(H,51,61)(H,52,62)(H,53,59)(H,54,60);19-22,27-30,33-36H,23-26H2,1-18H3,(H,49,59)(H,50,60)(H,51,57)(H,52,58)/t27-,28-,31-,32-,33-,34-,35+,36+;27-,28-,29+,30+,33+,34+,35-,36-/m01/s1. The third kappa shape index (κ3) is 32.6. The molecule has 0 unspecified atom stereocenters. The fraction of sp³-hybridized carbons (Fsp3) is 0.694. The first-order valence-electron chi connectivity index (χ1n) is 46.8. The number of carbonyl (C=O) groups excluding carboxylic acids is 18. The minimum Gasteiger partial charge on any atom is -0.467 e. The smallest absolute Gasteiger partial charge is 0.410 e. The van der Waals surface area contributed by atoms with Crippen molar-refractivity contribution in [2.45, 2.75) is 352 Å². The number of carbonyl (C=O) groups is 18. The summed E-state index contributed by atoms with van der Waals surface area (Å²) in [5, 5.41) is 23.0. The molecule has 0 saturated carbocycles. The average Bonchev–Trinajstić information content (AvgIpc) is 1.59. The van der Waals surface area contributed by atoms with Gasteiger partial charge in [0.2, 0.25) is 47.3 Å². The second kappa shape index (κ2) is 46.3. The highest BCUT2D eigenvalue weighted by Crippen LogP contribution is 2.34. The molecule has 16 amide bonds. The summed E-state index contributed by atoms with van der Waals surface area (Å²) >= 11 is 0. The summed E-state index contributed by atoms with van der Waals surface area (Å²) in [6.45, 7) is 52.1. The summed E-state index contributed by atoms with van der Waals surface area (Å²) < 4.78 is 31.7. The fourth-order valence-electron chi connectivity index (χ4n) is 15.6. The zero-order valence-corrected chi connectivity index (χ0v) is 87.9. The molecule has 16 atom stereocenters. The maximum atomic E-state index is 14.3. The maximum absolute atomic E-state index is 14.3. The molecule has 0 aliphatic carbocycles. The molecule has 6 rings (SSSR count). The van der Waals surface area contributed by atoms with Crippen molar-refractivity contribution in [3.63, 3.8) is 0 Å². The molecule has 138 heavy (non-hydrogen) atoms. The molecule has 4 aliphatic heterocycles. The van der Waals surface area contributed by atoms with Gasteiger partial charge in [-0.05, 0) is 208 Å². The Morgan fingerprint density at radius 1 is 0.297 bits per heavy atom. The van der Waals surface area contributed by atoms with Gasteiger partial charge in [-0.3, -0.25) is 77.1 Å². The minimum atomic E-state index is -1.16. The van der Waals surface area contributed by atoms with Crippen molar-refractivity contribution in [2.24, 2.45) is 21.7 Å². The van der Waals surface area contributed by atoms with E-state index in [0.29, 0.717) is 24.0 Å². The molecule has 0 aromatic heterocycles. The lowest BCUT2D eigenvalue weighted by Gasteiger charge is -2.36. The molecular formula is C98H156N16O24. The number of ether oxygens (including phenoxy) is 6. The molecule has 0 radical (unpaired) electrons. The third-order valence-corrected chi connectivity index (χ3v) is 24.2. The molecule has 772 valence electrons. The van der Waals surface area contributed by atoms with Gasteiger partial charge < -0.3 is 90.6 Å². The Labute approximate surface area is 813 Å². The van der Waals surface area contributed by atoms with Crippen molar-refractivity contribution in [2.75, 3.05) is 68.6 Å². The van der Waals surface area contributed by atoms with E-state index in [0.717, 1.165) is 9.80 Å². The number of amides is 16. The summed E-state index contributed by atoms with van der Waals surface area (Å²) in [7, 11) is 8.09. The number of nitrogens with one attached hydrogen (secondary N) is 8. The van der Waals surface area contributed by atoms with E-state index in [2.05, 4.69) is 42.5 Å². The monoisotopic (exact) mass is 1940 g/mol. The zero-order valence-electron chi connectivity index (χ0n) is 87.9. The number of hydrogen-bond acceptors (Lipinski definition) is 24. The van der Waals surface area contributed by atoms with Crippen LogP contribution in [0.15, 0.2) is 48.5 Å². The van der Waals surface area contributed by atoms with Crippen LogP contribution in [-0.4, -0.2) is 334 Å². The summed E-state index contributed by atoms with van der Waals surface area (Å²) in [6, 6.07) is -1.14. The Morgan fingerprint density at radius 3 is 0.645 bits per heavy atom. The molecule has 2 aromatic carbocycles. The van der Waals surface area contributed by atoms with E-state index in [4.69, 9.17) is 28.4 Å². The SMILES string of the molecule is COC(=O)[C@@H]1C[C@H](NC(=O)c2ccc(C(=O)N[C@H]3C[C@@H](C(=O)OC)N(C(=O)[C@@H](NC(=O)[C@H](C)N(C)C(=O)OC(C)(C)C)C(C)(C)C)C3)cc2)CN1C(=O)[C@@H](NC(=O)[C@H](C)N(C)C(=O)OC(C)(C)C)C(C)(C)C.C[C@@H]1C[C@H](NC(=O)c2ccc(C(=O)N[C@H]3C[C@@H](C)N(C(=O)[C@@H](NC(=O)[C@H](C)N(C)C(=O)OC(C)(C)C)C(C)(C)C)C3)cc2)CN1C(=O)[C@@H](NC(=O)[C@H](C)N(C)C(=O)OC(C)(C)C)C(C)(C)C. The van der Waals surface area contributed by atoms with Gasteiger partial charge in [0.05, 0.1) is 14.2 Å². The first-order chi connectivity index (χ1) is 62.9. The van der Waals surface area contributed by atoms with Crippen LogP contribution in [0.4, 0.5) is 19.2 Å². The topological polar surface area (TPSA) is 485 Å². The highest BCUT2D eigenvalue weighted by atomic mass is 16.6. The Bertz CT molecular complexity index is 4460. The second-order valence-corrected chi connectivity index (χ2v) is 44.8. The van der Waals surface area contributed by atoms with Crippen LogP contribution in [0.1, 0.15) is 275 Å². The van der Waals surface area contributed by atoms with Gasteiger partial charge in [-0.15, -0.1) is 0 Å². The second-order valence-electron chi connectivity index (χ2n) is 44.8. The van der Waals surface area contributed by atoms with E-state index in [9.17, 15) is 86.3 Å². The molecular weight excluding hydrogens is 1790 g/mol. The minimum absolute atomic E-state index is 0.00580. The number of benzene rings is 2. The first kappa shape index (κ1) is 117. The van der Waals surface area contributed by atoms with Crippen molar-refractivity contribution in [3.05, 3.63) is 70.8 Å². The molecule has 4 saturated heterocycles. The summed E-state index contributed by atoms with van der Waals surface area (Å²) in [5.41, 5.74) is -5.29.